The molecule has 8 aromatic carbocycles. The first-order chi connectivity index (χ1) is 32.7. The molecular formula is C60H38N6. The minimum absolute atomic E-state index is 0.608. The first kappa shape index (κ1) is 38.7. The lowest BCUT2D eigenvalue weighted by molar-refractivity contribution is 1.07. The predicted molar refractivity (Wildman–Crippen MR) is 269 cm³/mol. The molecule has 0 spiro atoms. The molecule has 0 bridgehead atoms. The Morgan fingerprint density at radius 2 is 0.788 bits per heavy atom. The number of aromatic nitrogens is 6. The average Bonchev–Trinajstić information content (AvgIpc) is 3.41. The van der Waals surface area contributed by atoms with Crippen LogP contribution >= 0.6 is 0 Å². The summed E-state index contributed by atoms with van der Waals surface area (Å²) in [5.74, 6) is 1.84. The van der Waals surface area contributed by atoms with Gasteiger partial charge in [-0.05, 0) is 63.0 Å². The maximum absolute atomic E-state index is 5.30. The maximum Gasteiger partial charge on any atom is 0.164 e. The summed E-state index contributed by atoms with van der Waals surface area (Å²) in [6, 6.07) is 75.6. The Morgan fingerprint density at radius 1 is 0.258 bits per heavy atom. The van der Waals surface area contributed by atoms with E-state index >= 15 is 0 Å². The van der Waals surface area contributed by atoms with E-state index in [1.165, 1.54) is 0 Å². The van der Waals surface area contributed by atoms with Crippen LogP contribution in [0.2, 0.25) is 0 Å². The van der Waals surface area contributed by atoms with Crippen LogP contribution < -0.4 is 0 Å². The van der Waals surface area contributed by atoms with Gasteiger partial charge in [-0.15, -0.1) is 0 Å². The molecule has 0 atom stereocenters. The summed E-state index contributed by atoms with van der Waals surface area (Å²) in [6.45, 7) is 0. The standard InChI is InChI=1S/C60H38N6/c1-4-12-41(13-5-1)52-37-55(43-14-6-2-7-15-43)63-57-51(52)32-30-45-31-33-54(62-56(45)57)44-26-22-39(23-27-44)40-24-28-47(29-25-40)59-64-58(46-16-8-3-9-17-46)65-60(66-59)49-20-10-19-48(36-49)50-21-11-18-42-34-35-61-38-53(42)50/h1-38H. The number of hydrogen-bond acceptors (Lipinski definition) is 6. The van der Waals surface area contributed by atoms with Gasteiger partial charge in [-0.3, -0.25) is 4.98 Å². The molecule has 0 N–H and O–H groups in total. The summed E-state index contributed by atoms with van der Waals surface area (Å²) >= 11 is 0. The summed E-state index contributed by atoms with van der Waals surface area (Å²) in [4.78, 5) is 30.1. The Kier molecular flexibility index (Phi) is 9.73. The third-order valence-electron chi connectivity index (χ3n) is 12.2. The molecule has 66 heavy (non-hydrogen) atoms. The molecule has 0 unspecified atom stereocenters. The van der Waals surface area contributed by atoms with Gasteiger partial charge in [-0.25, -0.2) is 24.9 Å². The van der Waals surface area contributed by atoms with Crippen molar-refractivity contribution in [2.24, 2.45) is 0 Å². The fourth-order valence-corrected chi connectivity index (χ4v) is 8.83. The van der Waals surface area contributed by atoms with Crippen molar-refractivity contribution in [2.75, 3.05) is 0 Å². The molecule has 12 aromatic rings. The van der Waals surface area contributed by atoms with Crippen molar-refractivity contribution in [3.8, 4) is 90.1 Å². The highest BCUT2D eigenvalue weighted by Crippen LogP contribution is 2.37. The van der Waals surface area contributed by atoms with Gasteiger partial charge >= 0.3 is 0 Å². The lowest BCUT2D eigenvalue weighted by Gasteiger charge is -2.13. The first-order valence-electron chi connectivity index (χ1n) is 22.0. The van der Waals surface area contributed by atoms with E-state index in [1.807, 2.05) is 54.9 Å². The third-order valence-corrected chi connectivity index (χ3v) is 12.2. The molecule has 308 valence electrons. The zero-order valence-electron chi connectivity index (χ0n) is 35.6. The predicted octanol–water partition coefficient (Wildman–Crippen LogP) is 14.9. The molecule has 0 amide bonds. The van der Waals surface area contributed by atoms with Crippen molar-refractivity contribution in [3.63, 3.8) is 0 Å². The van der Waals surface area contributed by atoms with E-state index in [4.69, 9.17) is 24.9 Å². The molecule has 0 aliphatic carbocycles. The Morgan fingerprint density at radius 3 is 1.50 bits per heavy atom. The average molecular weight is 843 g/mol. The van der Waals surface area contributed by atoms with Gasteiger partial charge in [-0.2, -0.15) is 0 Å². The number of fused-ring (bicyclic) bond motifs is 4. The van der Waals surface area contributed by atoms with Crippen molar-refractivity contribution in [1.29, 1.82) is 0 Å². The fraction of sp³-hybridized carbons (Fsp3) is 0. The highest BCUT2D eigenvalue weighted by atomic mass is 15.0. The number of pyridine rings is 3. The quantitative estimate of drug-likeness (QED) is 0.142. The molecule has 0 saturated heterocycles. The first-order valence-corrected chi connectivity index (χ1v) is 22.0. The zero-order chi connectivity index (χ0) is 43.8. The van der Waals surface area contributed by atoms with E-state index in [0.717, 1.165) is 105 Å². The van der Waals surface area contributed by atoms with Gasteiger partial charge in [0.25, 0.3) is 0 Å². The van der Waals surface area contributed by atoms with Crippen molar-refractivity contribution in [3.05, 3.63) is 231 Å². The zero-order valence-corrected chi connectivity index (χ0v) is 35.6. The Bertz CT molecular complexity index is 3720. The number of hydrogen-bond donors (Lipinski definition) is 0. The second kappa shape index (κ2) is 16.6. The molecule has 6 nitrogen and oxygen atoms in total. The highest BCUT2D eigenvalue weighted by Gasteiger charge is 2.16. The van der Waals surface area contributed by atoms with Crippen LogP contribution in [0.5, 0.6) is 0 Å². The topological polar surface area (TPSA) is 77.3 Å². The van der Waals surface area contributed by atoms with Gasteiger partial charge in [0.05, 0.1) is 22.4 Å². The van der Waals surface area contributed by atoms with Crippen LogP contribution in [0.4, 0.5) is 0 Å². The molecule has 0 saturated carbocycles. The van der Waals surface area contributed by atoms with Crippen molar-refractivity contribution >= 4 is 32.6 Å². The van der Waals surface area contributed by atoms with E-state index in [-0.39, 0.29) is 0 Å². The minimum Gasteiger partial charge on any atom is -0.264 e. The second-order valence-corrected chi connectivity index (χ2v) is 16.3. The summed E-state index contributed by atoms with van der Waals surface area (Å²) in [7, 11) is 0. The monoisotopic (exact) mass is 842 g/mol. The number of benzene rings is 8. The Hall–Kier alpha value is -9.00. The van der Waals surface area contributed by atoms with Gasteiger partial charge < -0.3 is 0 Å². The molecule has 4 heterocycles. The molecule has 0 fully saturated rings. The molecule has 0 aliphatic rings. The van der Waals surface area contributed by atoms with E-state index in [1.54, 1.807) is 0 Å². The SMILES string of the molecule is c1ccc(-c2cc(-c3ccccc3)c3ccc4ccc(-c5ccc(-c6ccc(-c7nc(-c8ccccc8)nc(-c8cccc(-c9cccc%10ccncc9%10)c8)n7)cc6)cc5)nc4c3n2)cc1. The molecular weight excluding hydrogens is 805 g/mol. The van der Waals surface area contributed by atoms with Crippen LogP contribution in [-0.4, -0.2) is 29.9 Å². The summed E-state index contributed by atoms with van der Waals surface area (Å²) in [5, 5.41) is 4.37. The normalized spacial score (nSPS) is 11.3. The van der Waals surface area contributed by atoms with Gasteiger partial charge in [0.1, 0.15) is 0 Å². The van der Waals surface area contributed by atoms with Crippen molar-refractivity contribution in [1.82, 2.24) is 29.9 Å². The highest BCUT2D eigenvalue weighted by molar-refractivity contribution is 6.09. The molecule has 12 rings (SSSR count). The lowest BCUT2D eigenvalue weighted by Crippen LogP contribution is -2.00. The van der Waals surface area contributed by atoms with Crippen molar-refractivity contribution in [2.45, 2.75) is 0 Å². The van der Waals surface area contributed by atoms with Gasteiger partial charge in [0.2, 0.25) is 0 Å². The molecule has 4 aromatic heterocycles. The summed E-state index contributed by atoms with van der Waals surface area (Å²) in [5.41, 5.74) is 15.1. The van der Waals surface area contributed by atoms with Crippen LogP contribution in [0.15, 0.2) is 231 Å². The molecule has 0 radical (unpaired) electrons. The van der Waals surface area contributed by atoms with Gasteiger partial charge in [0, 0.05) is 56.4 Å². The molecule has 0 aliphatic heterocycles. The molecule has 6 heteroatoms. The maximum atomic E-state index is 5.30. The minimum atomic E-state index is 0.608. The van der Waals surface area contributed by atoms with E-state index in [0.29, 0.717) is 17.5 Å². The third kappa shape index (κ3) is 7.32. The van der Waals surface area contributed by atoms with Gasteiger partial charge in [-0.1, -0.05) is 194 Å². The lowest BCUT2D eigenvalue weighted by atomic mass is 9.96. The Balaban J connectivity index is 0.873. The smallest absolute Gasteiger partial charge is 0.164 e. The van der Waals surface area contributed by atoms with E-state index in [9.17, 15) is 0 Å². The van der Waals surface area contributed by atoms with Crippen LogP contribution in [0.1, 0.15) is 0 Å². The van der Waals surface area contributed by atoms with Crippen LogP contribution in [0.3, 0.4) is 0 Å². The van der Waals surface area contributed by atoms with Crippen molar-refractivity contribution < 1.29 is 0 Å². The van der Waals surface area contributed by atoms with Gasteiger partial charge in [0.15, 0.2) is 17.5 Å². The number of rotatable bonds is 8. The number of nitrogens with zero attached hydrogens (tertiary/aromatic N) is 6. The van der Waals surface area contributed by atoms with Crippen LogP contribution in [0.25, 0.3) is 123 Å². The van der Waals surface area contributed by atoms with E-state index in [2.05, 4.69) is 181 Å². The summed E-state index contributed by atoms with van der Waals surface area (Å²) < 4.78 is 0. The summed E-state index contributed by atoms with van der Waals surface area (Å²) in [6.07, 6.45) is 3.75. The fourth-order valence-electron chi connectivity index (χ4n) is 8.83. The second-order valence-electron chi connectivity index (χ2n) is 16.3. The van der Waals surface area contributed by atoms with Crippen LogP contribution in [-0.2, 0) is 0 Å². The largest absolute Gasteiger partial charge is 0.264 e. The van der Waals surface area contributed by atoms with E-state index < -0.39 is 0 Å². The Labute approximate surface area is 381 Å². The van der Waals surface area contributed by atoms with Crippen LogP contribution in [0, 0.1) is 0 Å².